The number of benzene rings is 1. The van der Waals surface area contributed by atoms with Gasteiger partial charge in [0, 0.05) is 15.3 Å². The lowest BCUT2D eigenvalue weighted by atomic mass is 10.1. The Labute approximate surface area is 115 Å². The summed E-state index contributed by atoms with van der Waals surface area (Å²) in [5.74, 6) is -0.249. The first-order valence-electron chi connectivity index (χ1n) is 4.92. The van der Waals surface area contributed by atoms with E-state index in [0.717, 1.165) is 3.57 Å². The summed E-state index contributed by atoms with van der Waals surface area (Å²) >= 11 is 2.08. The molecule has 1 aromatic heterocycles. The molecule has 0 radical (unpaired) electrons. The molecule has 94 valence electrons. The minimum absolute atomic E-state index is 0.249. The summed E-state index contributed by atoms with van der Waals surface area (Å²) in [6, 6.07) is 9.36. The number of pyridine rings is 1. The van der Waals surface area contributed by atoms with E-state index in [1.165, 1.54) is 18.2 Å². The molecule has 2 aromatic rings. The monoisotopic (exact) mass is 365 g/mol. The molecular formula is C12H7F3INO. The zero-order chi connectivity index (χ0) is 13.2. The van der Waals surface area contributed by atoms with Crippen LogP contribution in [0.4, 0.5) is 13.2 Å². The van der Waals surface area contributed by atoms with E-state index in [1.54, 1.807) is 18.3 Å². The predicted octanol–water partition coefficient (Wildman–Crippen LogP) is 4.25. The van der Waals surface area contributed by atoms with Gasteiger partial charge in [-0.3, -0.25) is 4.98 Å². The Morgan fingerprint density at radius 1 is 1.11 bits per heavy atom. The Bertz CT molecular complexity index is 557. The van der Waals surface area contributed by atoms with E-state index in [9.17, 15) is 13.2 Å². The first kappa shape index (κ1) is 13.1. The van der Waals surface area contributed by atoms with Gasteiger partial charge in [0.25, 0.3) is 0 Å². The second-order valence-electron chi connectivity index (χ2n) is 3.41. The lowest BCUT2D eigenvalue weighted by Gasteiger charge is -2.10. The van der Waals surface area contributed by atoms with Gasteiger partial charge < -0.3 is 4.74 Å². The average molecular weight is 365 g/mol. The maximum atomic E-state index is 12.1. The molecule has 0 aliphatic carbocycles. The number of ether oxygens (including phenoxy) is 1. The van der Waals surface area contributed by atoms with Crippen molar-refractivity contribution in [3.05, 3.63) is 46.2 Å². The average Bonchev–Trinajstić information content (AvgIpc) is 2.27. The fraction of sp³-hybridized carbons (Fsp3) is 0.0833. The molecule has 0 amide bonds. The van der Waals surface area contributed by atoms with Gasteiger partial charge in [-0.05, 0) is 46.9 Å². The van der Waals surface area contributed by atoms with Gasteiger partial charge in [-0.25, -0.2) is 0 Å². The van der Waals surface area contributed by atoms with Gasteiger partial charge in [-0.1, -0.05) is 12.1 Å². The molecular weight excluding hydrogens is 358 g/mol. The highest BCUT2D eigenvalue weighted by molar-refractivity contribution is 14.1. The van der Waals surface area contributed by atoms with E-state index in [0.29, 0.717) is 11.3 Å². The van der Waals surface area contributed by atoms with Crippen molar-refractivity contribution >= 4 is 22.6 Å². The second-order valence-corrected chi connectivity index (χ2v) is 4.57. The molecule has 0 saturated carbocycles. The minimum Gasteiger partial charge on any atom is -0.406 e. The van der Waals surface area contributed by atoms with Crippen LogP contribution in [0.2, 0.25) is 0 Å². The highest BCUT2D eigenvalue weighted by Gasteiger charge is 2.31. The third-order valence-electron chi connectivity index (χ3n) is 2.10. The van der Waals surface area contributed by atoms with Crippen molar-refractivity contribution in [3.8, 4) is 17.0 Å². The summed E-state index contributed by atoms with van der Waals surface area (Å²) in [5.41, 5.74) is 1.22. The van der Waals surface area contributed by atoms with Crippen LogP contribution in [0, 0.1) is 3.57 Å². The Hall–Kier alpha value is -1.31. The molecule has 18 heavy (non-hydrogen) atoms. The molecule has 0 fully saturated rings. The molecule has 0 unspecified atom stereocenters. The fourth-order valence-electron chi connectivity index (χ4n) is 1.44. The number of halogens is 4. The fourth-order valence-corrected chi connectivity index (χ4v) is 2.10. The van der Waals surface area contributed by atoms with Crippen LogP contribution in [0.5, 0.6) is 5.75 Å². The van der Waals surface area contributed by atoms with Crippen molar-refractivity contribution in [1.29, 1.82) is 0 Å². The molecule has 2 nitrogen and oxygen atoms in total. The lowest BCUT2D eigenvalue weighted by Crippen LogP contribution is -2.17. The minimum atomic E-state index is -4.68. The van der Waals surface area contributed by atoms with Gasteiger partial charge in [-0.2, -0.15) is 0 Å². The summed E-state index contributed by atoms with van der Waals surface area (Å²) < 4.78 is 41.1. The van der Waals surface area contributed by atoms with Crippen LogP contribution in [-0.2, 0) is 0 Å². The number of hydrogen-bond donors (Lipinski definition) is 0. The molecule has 0 aliphatic heterocycles. The summed E-state index contributed by atoms with van der Waals surface area (Å²) in [5, 5.41) is 0. The van der Waals surface area contributed by atoms with E-state index < -0.39 is 6.36 Å². The van der Waals surface area contributed by atoms with Crippen LogP contribution < -0.4 is 4.74 Å². The largest absolute Gasteiger partial charge is 0.573 e. The normalized spacial score (nSPS) is 11.3. The maximum Gasteiger partial charge on any atom is 0.573 e. The van der Waals surface area contributed by atoms with Gasteiger partial charge in [0.05, 0.1) is 5.69 Å². The zero-order valence-corrected chi connectivity index (χ0v) is 11.1. The van der Waals surface area contributed by atoms with Crippen LogP contribution in [0.15, 0.2) is 42.6 Å². The third kappa shape index (κ3) is 3.34. The topological polar surface area (TPSA) is 22.1 Å². The Morgan fingerprint density at radius 2 is 1.89 bits per heavy atom. The van der Waals surface area contributed by atoms with Crippen LogP contribution in [0.25, 0.3) is 11.3 Å². The third-order valence-corrected chi connectivity index (χ3v) is 2.97. The summed E-state index contributed by atoms with van der Waals surface area (Å²) in [6.07, 6.45) is -3.09. The van der Waals surface area contributed by atoms with Crippen LogP contribution in [-0.4, -0.2) is 11.3 Å². The van der Waals surface area contributed by atoms with Gasteiger partial charge in [0.2, 0.25) is 0 Å². The highest BCUT2D eigenvalue weighted by Crippen LogP contribution is 2.28. The first-order valence-corrected chi connectivity index (χ1v) is 6.00. The standard InChI is InChI=1S/C12H7F3INO/c13-12(14,15)18-9-4-1-3-8(7-9)11-10(16)5-2-6-17-11/h1-7H. The smallest absolute Gasteiger partial charge is 0.406 e. The molecule has 0 N–H and O–H groups in total. The summed E-state index contributed by atoms with van der Waals surface area (Å²) in [7, 11) is 0. The highest BCUT2D eigenvalue weighted by atomic mass is 127. The Balaban J connectivity index is 2.36. The van der Waals surface area contributed by atoms with Crippen LogP contribution in [0.3, 0.4) is 0 Å². The first-order chi connectivity index (χ1) is 8.46. The molecule has 6 heteroatoms. The summed E-state index contributed by atoms with van der Waals surface area (Å²) in [6.45, 7) is 0. The molecule has 0 bridgehead atoms. The van der Waals surface area contributed by atoms with Gasteiger partial charge >= 0.3 is 6.36 Å². The second kappa shape index (κ2) is 5.13. The predicted molar refractivity (Wildman–Crippen MR) is 69.1 cm³/mol. The quantitative estimate of drug-likeness (QED) is 0.743. The van der Waals surface area contributed by atoms with Crippen molar-refractivity contribution in [2.45, 2.75) is 6.36 Å². The number of hydrogen-bond acceptors (Lipinski definition) is 2. The molecule has 1 heterocycles. The van der Waals surface area contributed by atoms with E-state index in [2.05, 4.69) is 32.3 Å². The number of rotatable bonds is 2. The Kier molecular flexibility index (Phi) is 3.74. The molecule has 0 saturated heterocycles. The number of alkyl halides is 3. The molecule has 0 atom stereocenters. The van der Waals surface area contributed by atoms with Crippen molar-refractivity contribution in [3.63, 3.8) is 0 Å². The van der Waals surface area contributed by atoms with Crippen LogP contribution >= 0.6 is 22.6 Å². The van der Waals surface area contributed by atoms with Crippen molar-refractivity contribution in [2.24, 2.45) is 0 Å². The van der Waals surface area contributed by atoms with Gasteiger partial charge in [-0.15, -0.1) is 13.2 Å². The van der Waals surface area contributed by atoms with Crippen molar-refractivity contribution < 1.29 is 17.9 Å². The van der Waals surface area contributed by atoms with E-state index in [4.69, 9.17) is 0 Å². The van der Waals surface area contributed by atoms with E-state index in [-0.39, 0.29) is 5.75 Å². The molecule has 0 spiro atoms. The molecule has 1 aromatic carbocycles. The Morgan fingerprint density at radius 3 is 2.56 bits per heavy atom. The molecule has 2 rings (SSSR count). The number of nitrogens with zero attached hydrogens (tertiary/aromatic N) is 1. The number of aromatic nitrogens is 1. The summed E-state index contributed by atoms with van der Waals surface area (Å²) in [4.78, 5) is 4.14. The van der Waals surface area contributed by atoms with Crippen LogP contribution in [0.1, 0.15) is 0 Å². The maximum absolute atomic E-state index is 12.1. The van der Waals surface area contributed by atoms with E-state index in [1.807, 2.05) is 6.07 Å². The van der Waals surface area contributed by atoms with Crippen molar-refractivity contribution in [1.82, 2.24) is 4.98 Å². The van der Waals surface area contributed by atoms with Gasteiger partial charge in [0.1, 0.15) is 5.75 Å². The lowest BCUT2D eigenvalue weighted by molar-refractivity contribution is -0.274. The molecule has 0 aliphatic rings. The van der Waals surface area contributed by atoms with Gasteiger partial charge in [0.15, 0.2) is 0 Å². The zero-order valence-electron chi connectivity index (χ0n) is 8.91. The SMILES string of the molecule is FC(F)(F)Oc1cccc(-c2ncccc2I)c1. The van der Waals surface area contributed by atoms with Crippen molar-refractivity contribution in [2.75, 3.05) is 0 Å². The van der Waals surface area contributed by atoms with E-state index >= 15 is 0 Å².